The molecule has 2 heterocycles. The quantitative estimate of drug-likeness (QED) is 0.805. The lowest BCUT2D eigenvalue weighted by Gasteiger charge is -2.41. The molecule has 1 saturated heterocycles. The minimum Gasteiger partial charge on any atom is -0.397 e. The molecule has 0 aliphatic carbocycles. The minimum absolute atomic E-state index is 0.344. The van der Waals surface area contributed by atoms with Crippen LogP contribution in [0.4, 0.5) is 5.69 Å². The summed E-state index contributed by atoms with van der Waals surface area (Å²) in [4.78, 5) is 6.66. The Morgan fingerprint density at radius 1 is 1.53 bits per heavy atom. The number of hydrogen-bond donors (Lipinski definition) is 1. The molecule has 82 valence electrons. The van der Waals surface area contributed by atoms with Crippen molar-refractivity contribution in [1.29, 1.82) is 0 Å². The highest BCUT2D eigenvalue weighted by Gasteiger charge is 2.31. The Morgan fingerprint density at radius 3 is 2.80 bits per heavy atom. The molecule has 0 amide bonds. The summed E-state index contributed by atoms with van der Waals surface area (Å²) in [5.74, 6) is 0. The Balaban J connectivity index is 1.97. The Labute approximate surface area is 90.0 Å². The number of hydrogen-bond acceptors (Lipinski definition) is 4. The number of ether oxygens (including phenoxy) is 1. The van der Waals surface area contributed by atoms with Gasteiger partial charge in [0.05, 0.1) is 23.7 Å². The van der Waals surface area contributed by atoms with Crippen molar-refractivity contribution in [2.75, 3.05) is 25.9 Å². The molecular formula is C11H17N3O. The van der Waals surface area contributed by atoms with Crippen LogP contribution < -0.4 is 5.73 Å². The number of anilines is 1. The zero-order chi connectivity index (χ0) is 10.8. The molecule has 1 aromatic heterocycles. The molecular weight excluding hydrogens is 190 g/mol. The first-order chi connectivity index (χ1) is 7.20. The van der Waals surface area contributed by atoms with Crippen molar-refractivity contribution in [3.05, 3.63) is 24.0 Å². The fraction of sp³-hybridized carbons (Fsp3) is 0.545. The van der Waals surface area contributed by atoms with E-state index in [2.05, 4.69) is 16.8 Å². The van der Waals surface area contributed by atoms with E-state index >= 15 is 0 Å². The molecule has 0 radical (unpaired) electrons. The molecule has 0 saturated carbocycles. The molecule has 1 aliphatic rings. The van der Waals surface area contributed by atoms with E-state index in [-0.39, 0.29) is 0 Å². The average Bonchev–Trinajstić information content (AvgIpc) is 2.17. The molecule has 1 fully saturated rings. The number of likely N-dealkylation sites (tertiary alicyclic amines) is 1. The van der Waals surface area contributed by atoms with E-state index in [0.717, 1.165) is 18.8 Å². The highest BCUT2D eigenvalue weighted by atomic mass is 16.5. The third-order valence-electron chi connectivity index (χ3n) is 2.99. The van der Waals surface area contributed by atoms with Gasteiger partial charge in [-0.2, -0.15) is 0 Å². The Kier molecular flexibility index (Phi) is 2.88. The van der Waals surface area contributed by atoms with E-state index in [4.69, 9.17) is 10.5 Å². The fourth-order valence-corrected chi connectivity index (χ4v) is 1.79. The average molecular weight is 207 g/mol. The summed E-state index contributed by atoms with van der Waals surface area (Å²) in [5.41, 5.74) is 7.38. The van der Waals surface area contributed by atoms with Crippen LogP contribution in [0.25, 0.3) is 0 Å². The molecule has 15 heavy (non-hydrogen) atoms. The van der Waals surface area contributed by atoms with Gasteiger partial charge >= 0.3 is 0 Å². The van der Waals surface area contributed by atoms with Crippen molar-refractivity contribution in [3.8, 4) is 0 Å². The number of rotatable bonds is 3. The monoisotopic (exact) mass is 207 g/mol. The maximum atomic E-state index is 5.60. The number of nitrogen functional groups attached to an aromatic ring is 1. The topological polar surface area (TPSA) is 51.4 Å². The summed E-state index contributed by atoms with van der Waals surface area (Å²) in [6, 6.07) is 4.23. The molecule has 1 aliphatic heterocycles. The number of nitrogens with zero attached hydrogens (tertiary/aromatic N) is 2. The van der Waals surface area contributed by atoms with Gasteiger partial charge in [0.15, 0.2) is 0 Å². The molecule has 1 atom stereocenters. The molecule has 4 nitrogen and oxygen atoms in total. The highest BCUT2D eigenvalue weighted by Crippen LogP contribution is 2.25. The predicted octanol–water partition coefficient (Wildman–Crippen LogP) is 1.06. The lowest BCUT2D eigenvalue weighted by molar-refractivity contribution is -0.0486. The first kappa shape index (κ1) is 10.4. The lowest BCUT2D eigenvalue weighted by Crippen LogP contribution is -2.52. The highest BCUT2D eigenvalue weighted by molar-refractivity contribution is 5.35. The summed E-state index contributed by atoms with van der Waals surface area (Å²) in [7, 11) is 1.76. The van der Waals surface area contributed by atoms with Crippen LogP contribution in [0.15, 0.2) is 18.3 Å². The van der Waals surface area contributed by atoms with E-state index < -0.39 is 0 Å². The van der Waals surface area contributed by atoms with Crippen LogP contribution in [0.3, 0.4) is 0 Å². The molecule has 0 aromatic carbocycles. The first-order valence-corrected chi connectivity index (χ1v) is 5.19. The maximum absolute atomic E-state index is 5.60. The Hall–Kier alpha value is -1.13. The van der Waals surface area contributed by atoms with E-state index in [1.165, 1.54) is 0 Å². The van der Waals surface area contributed by atoms with Gasteiger partial charge in [-0.25, -0.2) is 0 Å². The number of nitrogens with two attached hydrogens (primary N) is 1. The van der Waals surface area contributed by atoms with Gasteiger partial charge in [0.2, 0.25) is 0 Å². The molecule has 1 aromatic rings. The predicted molar refractivity (Wildman–Crippen MR) is 59.4 cm³/mol. The van der Waals surface area contributed by atoms with E-state index in [1.54, 1.807) is 13.3 Å². The molecule has 0 bridgehead atoms. The largest absolute Gasteiger partial charge is 0.397 e. The minimum atomic E-state index is 0.344. The molecule has 0 spiro atoms. The normalized spacial score (nSPS) is 19.9. The number of methoxy groups -OCH3 is 1. The van der Waals surface area contributed by atoms with Gasteiger partial charge < -0.3 is 10.5 Å². The van der Waals surface area contributed by atoms with Crippen LogP contribution in [0.5, 0.6) is 0 Å². The first-order valence-electron chi connectivity index (χ1n) is 5.19. The van der Waals surface area contributed by atoms with Gasteiger partial charge in [-0.1, -0.05) is 0 Å². The van der Waals surface area contributed by atoms with Gasteiger partial charge in [-0.15, -0.1) is 0 Å². The maximum Gasteiger partial charge on any atom is 0.0825 e. The summed E-state index contributed by atoms with van der Waals surface area (Å²) in [6.07, 6.45) is 2.10. The summed E-state index contributed by atoms with van der Waals surface area (Å²) in [6.45, 7) is 4.14. The zero-order valence-electron chi connectivity index (χ0n) is 9.18. The second-order valence-corrected chi connectivity index (χ2v) is 4.00. The zero-order valence-corrected chi connectivity index (χ0v) is 9.18. The smallest absolute Gasteiger partial charge is 0.0825 e. The van der Waals surface area contributed by atoms with Crippen LogP contribution in [-0.2, 0) is 4.74 Å². The summed E-state index contributed by atoms with van der Waals surface area (Å²) in [5, 5.41) is 0. The van der Waals surface area contributed by atoms with Crippen molar-refractivity contribution < 1.29 is 4.74 Å². The van der Waals surface area contributed by atoms with Gasteiger partial charge in [-0.05, 0) is 19.1 Å². The second-order valence-electron chi connectivity index (χ2n) is 4.00. The van der Waals surface area contributed by atoms with E-state index in [9.17, 15) is 0 Å². The van der Waals surface area contributed by atoms with Crippen molar-refractivity contribution >= 4 is 5.69 Å². The Morgan fingerprint density at radius 2 is 2.27 bits per heavy atom. The molecule has 2 rings (SSSR count). The summed E-state index contributed by atoms with van der Waals surface area (Å²) >= 11 is 0. The summed E-state index contributed by atoms with van der Waals surface area (Å²) < 4.78 is 5.24. The lowest BCUT2D eigenvalue weighted by atomic mass is 10.1. The fourth-order valence-electron chi connectivity index (χ4n) is 1.79. The number of aromatic nitrogens is 1. The second kappa shape index (κ2) is 4.16. The molecule has 4 heteroatoms. The van der Waals surface area contributed by atoms with Gasteiger partial charge in [0, 0.05) is 26.2 Å². The standard InChI is InChI=1S/C11H17N3O/c1-8(14-6-10(7-14)15-2)11-4-3-9(12)5-13-11/h3-5,8,10H,6-7,12H2,1-2H3. The third kappa shape index (κ3) is 2.11. The van der Waals surface area contributed by atoms with Gasteiger partial charge in [-0.3, -0.25) is 9.88 Å². The van der Waals surface area contributed by atoms with Gasteiger partial charge in [0.25, 0.3) is 0 Å². The molecule has 1 unspecified atom stereocenters. The van der Waals surface area contributed by atoms with Gasteiger partial charge in [0.1, 0.15) is 0 Å². The van der Waals surface area contributed by atoms with Crippen LogP contribution in [0.2, 0.25) is 0 Å². The van der Waals surface area contributed by atoms with Crippen LogP contribution in [0, 0.1) is 0 Å². The van der Waals surface area contributed by atoms with Crippen molar-refractivity contribution in [1.82, 2.24) is 9.88 Å². The van der Waals surface area contributed by atoms with Crippen LogP contribution in [0.1, 0.15) is 18.7 Å². The molecule has 2 N–H and O–H groups in total. The number of pyridine rings is 1. The SMILES string of the molecule is COC1CN(C(C)c2ccc(N)cn2)C1. The van der Waals surface area contributed by atoms with Crippen LogP contribution >= 0.6 is 0 Å². The van der Waals surface area contributed by atoms with E-state index in [0.29, 0.717) is 17.8 Å². The van der Waals surface area contributed by atoms with Crippen molar-refractivity contribution in [3.63, 3.8) is 0 Å². The van der Waals surface area contributed by atoms with Crippen LogP contribution in [-0.4, -0.2) is 36.2 Å². The van der Waals surface area contributed by atoms with Crippen molar-refractivity contribution in [2.45, 2.75) is 19.1 Å². The van der Waals surface area contributed by atoms with Crippen molar-refractivity contribution in [2.24, 2.45) is 0 Å². The Bertz CT molecular complexity index is 319. The third-order valence-corrected chi connectivity index (χ3v) is 2.99. The van der Waals surface area contributed by atoms with E-state index in [1.807, 2.05) is 12.1 Å².